The third kappa shape index (κ3) is 36.6. The molecule has 0 aliphatic carbocycles. The molecule has 0 aliphatic rings. The monoisotopic (exact) mass is 792 g/mol. The number of esters is 4. The summed E-state index contributed by atoms with van der Waals surface area (Å²) < 4.78 is 19.4. The van der Waals surface area contributed by atoms with E-state index in [9.17, 15) is 19.2 Å². The number of alkyl halides is 2. The minimum atomic E-state index is -0.833. The van der Waals surface area contributed by atoms with Crippen molar-refractivity contribution in [1.29, 1.82) is 0 Å². The number of hydrogen-bond donors (Lipinski definition) is 4. The van der Waals surface area contributed by atoms with Crippen LogP contribution in [0.5, 0.6) is 0 Å². The lowest BCUT2D eigenvalue weighted by Crippen LogP contribution is -2.36. The van der Waals surface area contributed by atoms with Crippen LogP contribution in [0.4, 0.5) is 0 Å². The predicted molar refractivity (Wildman–Crippen MR) is 163 cm³/mol. The average molecular weight is 795 g/mol. The molecule has 246 valence electrons. The topological polar surface area (TPSA) is 203 Å². The molecule has 16 heteroatoms. The summed E-state index contributed by atoms with van der Waals surface area (Å²) in [7, 11) is 0. The largest absolute Gasteiger partial charge is 0.481 e. The number of ether oxygens (including phenoxy) is 4. The van der Waals surface area contributed by atoms with Gasteiger partial charge in [-0.1, -0.05) is 45.7 Å². The molecule has 0 rings (SSSR count). The Morgan fingerprint density at radius 2 is 0.732 bits per heavy atom. The van der Waals surface area contributed by atoms with E-state index < -0.39 is 34.7 Å². The van der Waals surface area contributed by atoms with Crippen molar-refractivity contribution in [3.8, 4) is 0 Å². The van der Waals surface area contributed by atoms with Gasteiger partial charge in [0.15, 0.2) is 0 Å². The lowest BCUT2D eigenvalue weighted by atomic mass is 9.94. The Labute approximate surface area is 269 Å². The van der Waals surface area contributed by atoms with E-state index in [0.29, 0.717) is 6.61 Å². The Morgan fingerprint density at radius 3 is 0.854 bits per heavy atom. The first-order valence-electron chi connectivity index (χ1n) is 11.9. The molecule has 0 atom stereocenters. The molecule has 0 aromatic rings. The minimum Gasteiger partial charge on any atom is -0.481 e. The van der Waals surface area contributed by atoms with Gasteiger partial charge in [-0.05, 0) is 6.92 Å². The molecule has 4 N–H and O–H groups in total. The van der Waals surface area contributed by atoms with Gasteiger partial charge in [0, 0.05) is 56.1 Å². The maximum absolute atomic E-state index is 10.7. The molecule has 0 amide bonds. The number of carboxylic acids is 1. The third-order valence-corrected chi connectivity index (χ3v) is 6.99. The van der Waals surface area contributed by atoms with Crippen molar-refractivity contribution in [2.75, 3.05) is 56.9 Å². The van der Waals surface area contributed by atoms with Crippen molar-refractivity contribution in [2.45, 2.75) is 55.4 Å². The number of hydrogen-bond acceptors (Lipinski definition) is 12. The first-order valence-corrected chi connectivity index (χ1v) is 14.1. The van der Waals surface area contributed by atoms with Crippen molar-refractivity contribution in [2.24, 2.45) is 16.2 Å². The van der Waals surface area contributed by atoms with E-state index in [1.165, 1.54) is 27.7 Å². The molecule has 0 unspecified atom stereocenters. The van der Waals surface area contributed by atoms with E-state index in [4.69, 9.17) is 44.2 Å². The number of carbonyl (C=O) groups excluding carboxylic acids is 4. The fourth-order valence-corrected chi connectivity index (χ4v) is 2.74. The number of aliphatic hydroxyl groups is 3. The zero-order valence-electron chi connectivity index (χ0n) is 25.0. The Morgan fingerprint density at radius 1 is 0.537 bits per heavy atom. The zero-order valence-corrected chi connectivity index (χ0v) is 29.9. The molecule has 0 fully saturated rings. The van der Waals surface area contributed by atoms with E-state index in [-0.39, 0.29) is 68.0 Å². The van der Waals surface area contributed by atoms with Gasteiger partial charge in [-0.2, -0.15) is 0 Å². The van der Waals surface area contributed by atoms with Gasteiger partial charge in [0.1, 0.15) is 19.8 Å². The lowest BCUT2D eigenvalue weighted by Gasteiger charge is -2.27. The maximum atomic E-state index is 10.7. The third-order valence-electron chi connectivity index (χ3n) is 4.29. The number of aliphatic carboxylic acids is 1. The summed E-state index contributed by atoms with van der Waals surface area (Å²) in [5, 5.41) is 34.4. The molecule has 0 aliphatic heterocycles. The molecule has 41 heavy (non-hydrogen) atoms. The molecular formula is C25H47Br3O13. The Balaban J connectivity index is -0.000000155. The van der Waals surface area contributed by atoms with E-state index in [0.717, 1.165) is 17.6 Å². The number of halogens is 3. The summed E-state index contributed by atoms with van der Waals surface area (Å²) in [6, 6.07) is 0. The van der Waals surface area contributed by atoms with E-state index in [1.54, 1.807) is 13.8 Å². The standard InChI is InChI=1S/C11H18O6.C7H12Br2O2.C5H12O3.C2H4O2.BrH/c1-8(12)15-5-11(4,6-16-9(2)13)7-17-10(3)14;1-6(10)11-5-7(2,3-8)4-9;1-5(2-6,3-7)4-8;1-2(3)4;/h5-7H2,1-4H3;3-5H2,1-2H3;6-8H,2-4H2,1H3;1H3,(H,3,4);1H. The van der Waals surface area contributed by atoms with E-state index >= 15 is 0 Å². The summed E-state index contributed by atoms with van der Waals surface area (Å²) in [5.74, 6) is -2.39. The minimum absolute atomic E-state index is 0. The quantitative estimate of drug-likeness (QED) is 0.121. The van der Waals surface area contributed by atoms with Crippen molar-refractivity contribution < 1.29 is 63.3 Å². The summed E-state index contributed by atoms with van der Waals surface area (Å²) in [5.41, 5.74) is -1.44. The van der Waals surface area contributed by atoms with Crippen molar-refractivity contribution >= 4 is 78.7 Å². The van der Waals surface area contributed by atoms with Crippen LogP contribution in [0.2, 0.25) is 0 Å². The van der Waals surface area contributed by atoms with Gasteiger partial charge in [0.05, 0.1) is 31.8 Å². The molecule has 0 heterocycles. The van der Waals surface area contributed by atoms with Crippen molar-refractivity contribution in [1.82, 2.24) is 0 Å². The van der Waals surface area contributed by atoms with Gasteiger partial charge in [-0.25, -0.2) is 0 Å². The highest BCUT2D eigenvalue weighted by Crippen LogP contribution is 2.22. The van der Waals surface area contributed by atoms with Crippen LogP contribution in [0.15, 0.2) is 0 Å². The van der Waals surface area contributed by atoms with Crippen LogP contribution in [0.1, 0.15) is 55.4 Å². The zero-order chi connectivity index (χ0) is 32.6. The number of aliphatic hydroxyl groups excluding tert-OH is 3. The average Bonchev–Trinajstić information content (AvgIpc) is 2.88. The van der Waals surface area contributed by atoms with E-state index in [2.05, 4.69) is 31.9 Å². The maximum Gasteiger partial charge on any atom is 0.302 e. The van der Waals surface area contributed by atoms with Gasteiger partial charge < -0.3 is 39.4 Å². The highest BCUT2D eigenvalue weighted by molar-refractivity contribution is 9.09. The Hall–Kier alpha value is -1.33. The van der Waals surface area contributed by atoms with Gasteiger partial charge in [-0.3, -0.25) is 24.0 Å². The number of rotatable bonds is 13. The molecule has 0 bridgehead atoms. The van der Waals surface area contributed by atoms with Gasteiger partial charge in [0.25, 0.3) is 5.97 Å². The molecule has 0 saturated heterocycles. The summed E-state index contributed by atoms with van der Waals surface area (Å²) in [6.07, 6.45) is 0. The number of carboxylic acid groups (broad SMARTS) is 1. The van der Waals surface area contributed by atoms with Gasteiger partial charge in [-0.15, -0.1) is 17.0 Å². The second kappa shape index (κ2) is 27.5. The normalized spacial score (nSPS) is 10.4. The van der Waals surface area contributed by atoms with Crippen molar-refractivity contribution in [3.05, 3.63) is 0 Å². The van der Waals surface area contributed by atoms with Crippen LogP contribution in [-0.4, -0.2) is 107 Å². The fourth-order valence-electron chi connectivity index (χ4n) is 1.49. The van der Waals surface area contributed by atoms with Crippen LogP contribution >= 0.6 is 48.8 Å². The Kier molecular flexibility index (Phi) is 33.1. The number of carbonyl (C=O) groups is 5. The summed E-state index contributed by atoms with van der Waals surface area (Å²) >= 11 is 6.72. The fraction of sp³-hybridized carbons (Fsp3) is 0.800. The Bertz CT molecular complexity index is 682. The summed E-state index contributed by atoms with van der Waals surface area (Å²) in [6.45, 7) is 11.6. The van der Waals surface area contributed by atoms with Crippen LogP contribution in [0, 0.1) is 16.2 Å². The smallest absolute Gasteiger partial charge is 0.302 e. The molecular weight excluding hydrogens is 748 g/mol. The first-order chi connectivity index (χ1) is 18.2. The lowest BCUT2D eigenvalue weighted by molar-refractivity contribution is -0.157. The second-order valence-corrected chi connectivity index (χ2v) is 10.9. The first kappa shape index (κ1) is 49.4. The van der Waals surface area contributed by atoms with Crippen LogP contribution in [0.25, 0.3) is 0 Å². The molecule has 0 spiro atoms. The van der Waals surface area contributed by atoms with E-state index in [1.807, 2.05) is 6.92 Å². The highest BCUT2D eigenvalue weighted by Gasteiger charge is 2.29. The molecule has 0 aromatic heterocycles. The van der Waals surface area contributed by atoms with Crippen LogP contribution < -0.4 is 0 Å². The second-order valence-electron chi connectivity index (χ2n) is 9.81. The van der Waals surface area contributed by atoms with Gasteiger partial charge >= 0.3 is 23.9 Å². The molecule has 0 radical (unpaired) electrons. The van der Waals surface area contributed by atoms with Crippen LogP contribution in [0.3, 0.4) is 0 Å². The molecule has 0 aromatic carbocycles. The molecule has 13 nitrogen and oxygen atoms in total. The predicted octanol–water partition coefficient (Wildman–Crippen LogP) is 2.67. The van der Waals surface area contributed by atoms with Gasteiger partial charge in [0.2, 0.25) is 0 Å². The highest BCUT2D eigenvalue weighted by atomic mass is 79.9. The van der Waals surface area contributed by atoms with Crippen LogP contribution in [-0.2, 0) is 42.9 Å². The SMILES string of the molecule is Br.CC(=O)O.CC(=O)OCC(C)(CBr)CBr.CC(=O)OCC(C)(COC(C)=O)COC(C)=O.CC(CO)(CO)CO. The summed E-state index contributed by atoms with van der Waals surface area (Å²) in [4.78, 5) is 51.7. The molecule has 0 saturated carbocycles. The van der Waals surface area contributed by atoms with Crippen molar-refractivity contribution in [3.63, 3.8) is 0 Å².